The second kappa shape index (κ2) is 10.1. The van der Waals surface area contributed by atoms with Crippen LogP contribution in [0.5, 0.6) is 5.88 Å². The van der Waals surface area contributed by atoms with Crippen molar-refractivity contribution in [1.29, 1.82) is 5.26 Å². The summed E-state index contributed by atoms with van der Waals surface area (Å²) in [4.78, 5) is 16.6. The molecule has 0 saturated heterocycles. The number of nitrogens with zero attached hydrogens (tertiary/aromatic N) is 3. The first-order valence-electron chi connectivity index (χ1n) is 10.8. The highest BCUT2D eigenvalue weighted by Crippen LogP contribution is 2.31. The molecule has 170 valence electrons. The van der Waals surface area contributed by atoms with Gasteiger partial charge in [0.05, 0.1) is 12.8 Å². The maximum Gasteiger partial charge on any atom is 0.278 e. The van der Waals surface area contributed by atoms with Crippen LogP contribution >= 0.6 is 0 Å². The van der Waals surface area contributed by atoms with Crippen molar-refractivity contribution in [2.75, 3.05) is 13.7 Å². The molecule has 0 bridgehead atoms. The Hall–Kier alpha value is -4.28. The van der Waals surface area contributed by atoms with E-state index >= 15 is 0 Å². The van der Waals surface area contributed by atoms with Gasteiger partial charge in [0.1, 0.15) is 11.6 Å². The number of carbonyl (C=O) groups is 1. The number of hydrogen-bond acceptors (Lipinski definition) is 6. The number of nitriles is 1. The number of ether oxygens (including phenoxy) is 2. The summed E-state index contributed by atoms with van der Waals surface area (Å²) in [5, 5.41) is 18.1. The average Bonchev–Trinajstić information content (AvgIpc) is 2.85. The Kier molecular flexibility index (Phi) is 6.81. The molecule has 0 saturated carbocycles. The number of amides is 1. The zero-order valence-electron chi connectivity index (χ0n) is 19.3. The van der Waals surface area contributed by atoms with Crippen LogP contribution in [-0.4, -0.2) is 30.8 Å². The molecule has 0 spiro atoms. The molecule has 1 heterocycles. The minimum Gasteiger partial charge on any atom is -0.467 e. The number of pyridine rings is 1. The zero-order chi connectivity index (χ0) is 24.1. The smallest absolute Gasteiger partial charge is 0.278 e. The van der Waals surface area contributed by atoms with Crippen LogP contribution in [0.15, 0.2) is 59.7 Å². The molecule has 0 atom stereocenters. The van der Waals surface area contributed by atoms with Gasteiger partial charge in [-0.25, -0.2) is 10.4 Å². The maximum absolute atomic E-state index is 12.4. The van der Waals surface area contributed by atoms with E-state index < -0.39 is 5.91 Å². The van der Waals surface area contributed by atoms with Crippen LogP contribution in [-0.2, 0) is 16.1 Å². The predicted molar refractivity (Wildman–Crippen MR) is 132 cm³/mol. The molecule has 0 aliphatic rings. The molecule has 7 nitrogen and oxygen atoms in total. The van der Waals surface area contributed by atoms with Crippen LogP contribution in [0.1, 0.15) is 27.9 Å². The van der Waals surface area contributed by atoms with Gasteiger partial charge in [0, 0.05) is 23.9 Å². The second-order valence-electron chi connectivity index (χ2n) is 7.86. The van der Waals surface area contributed by atoms with Gasteiger partial charge in [-0.2, -0.15) is 10.4 Å². The van der Waals surface area contributed by atoms with Gasteiger partial charge in [-0.1, -0.05) is 48.5 Å². The lowest BCUT2D eigenvalue weighted by Crippen LogP contribution is -2.25. The molecule has 0 radical (unpaired) electrons. The van der Waals surface area contributed by atoms with Crippen LogP contribution in [0.2, 0.25) is 0 Å². The lowest BCUT2D eigenvalue weighted by Gasteiger charge is -2.12. The minimum absolute atomic E-state index is 0.101. The molecule has 3 aromatic carbocycles. The highest BCUT2D eigenvalue weighted by molar-refractivity contribution is 6.15. The van der Waals surface area contributed by atoms with Crippen LogP contribution < -0.4 is 10.2 Å². The van der Waals surface area contributed by atoms with Crippen LogP contribution in [0.4, 0.5) is 0 Å². The Morgan fingerprint density at radius 1 is 1.09 bits per heavy atom. The fourth-order valence-corrected chi connectivity index (χ4v) is 4.06. The minimum atomic E-state index is -0.461. The zero-order valence-corrected chi connectivity index (χ0v) is 19.3. The quantitative estimate of drug-likeness (QED) is 0.252. The summed E-state index contributed by atoms with van der Waals surface area (Å²) in [5.74, 6) is -0.360. The second-order valence-corrected chi connectivity index (χ2v) is 7.86. The third-order valence-electron chi connectivity index (χ3n) is 5.57. The highest BCUT2D eigenvalue weighted by atomic mass is 16.5. The van der Waals surface area contributed by atoms with E-state index in [1.165, 1.54) is 5.56 Å². The fraction of sp³-hybridized carbons (Fsp3) is 0.185. The van der Waals surface area contributed by atoms with Crippen LogP contribution in [0.3, 0.4) is 0 Å². The van der Waals surface area contributed by atoms with Crippen molar-refractivity contribution in [2.45, 2.75) is 20.5 Å². The molecular formula is C27H24N4O3. The third-order valence-corrected chi connectivity index (χ3v) is 5.57. The van der Waals surface area contributed by atoms with Crippen LogP contribution in [0.25, 0.3) is 21.5 Å². The summed E-state index contributed by atoms with van der Waals surface area (Å²) < 4.78 is 10.7. The van der Waals surface area contributed by atoms with Crippen molar-refractivity contribution in [3.05, 3.63) is 82.5 Å². The molecule has 4 aromatic rings. The molecule has 1 N–H and O–H groups in total. The first-order valence-corrected chi connectivity index (χ1v) is 10.8. The van der Waals surface area contributed by atoms with Crippen molar-refractivity contribution >= 4 is 33.7 Å². The Labute approximate surface area is 197 Å². The lowest BCUT2D eigenvalue weighted by atomic mass is 9.93. The average molecular weight is 453 g/mol. The number of rotatable bonds is 7. The van der Waals surface area contributed by atoms with Crippen molar-refractivity contribution in [3.8, 4) is 11.9 Å². The third kappa shape index (κ3) is 4.58. The highest BCUT2D eigenvalue weighted by Gasteiger charge is 2.14. The van der Waals surface area contributed by atoms with Gasteiger partial charge in [0.2, 0.25) is 5.88 Å². The molecule has 7 heteroatoms. The van der Waals surface area contributed by atoms with E-state index in [1.807, 2.05) is 36.4 Å². The SMILES string of the molecule is COCc1cc(C)nc(OCC(=O)N/N=C/c2c3ccccc3c(C)c3ccccc23)c1C#N. The summed E-state index contributed by atoms with van der Waals surface area (Å²) >= 11 is 0. The van der Waals surface area contributed by atoms with Crippen molar-refractivity contribution in [2.24, 2.45) is 5.10 Å². The molecule has 1 amide bonds. The molecule has 0 fully saturated rings. The molecule has 4 rings (SSSR count). The van der Waals surface area contributed by atoms with E-state index in [0.717, 1.165) is 27.1 Å². The normalized spacial score (nSPS) is 11.1. The maximum atomic E-state index is 12.4. The van der Waals surface area contributed by atoms with Gasteiger partial charge < -0.3 is 9.47 Å². The van der Waals surface area contributed by atoms with E-state index in [4.69, 9.17) is 9.47 Å². The van der Waals surface area contributed by atoms with Gasteiger partial charge in [0.15, 0.2) is 6.61 Å². The Balaban J connectivity index is 1.54. The Morgan fingerprint density at radius 3 is 2.29 bits per heavy atom. The fourth-order valence-electron chi connectivity index (χ4n) is 4.06. The van der Waals surface area contributed by atoms with Crippen molar-refractivity contribution < 1.29 is 14.3 Å². The van der Waals surface area contributed by atoms with Gasteiger partial charge in [-0.05, 0) is 47.0 Å². The van der Waals surface area contributed by atoms with Crippen molar-refractivity contribution in [1.82, 2.24) is 10.4 Å². The number of nitrogens with one attached hydrogen (secondary N) is 1. The first-order chi connectivity index (χ1) is 16.5. The number of carbonyl (C=O) groups excluding carboxylic acids is 1. The van der Waals surface area contributed by atoms with Gasteiger partial charge >= 0.3 is 0 Å². The Morgan fingerprint density at radius 2 is 1.71 bits per heavy atom. The molecule has 34 heavy (non-hydrogen) atoms. The van der Waals surface area contributed by atoms with Crippen LogP contribution in [0, 0.1) is 25.2 Å². The van der Waals surface area contributed by atoms with E-state index in [-0.39, 0.29) is 24.7 Å². The van der Waals surface area contributed by atoms with Gasteiger partial charge in [-0.3, -0.25) is 4.79 Å². The molecule has 1 aromatic heterocycles. The van der Waals surface area contributed by atoms with E-state index in [9.17, 15) is 10.1 Å². The number of hydrogen-bond donors (Lipinski definition) is 1. The van der Waals surface area contributed by atoms with Gasteiger partial charge in [-0.15, -0.1) is 0 Å². The summed E-state index contributed by atoms with van der Waals surface area (Å²) in [6.07, 6.45) is 1.66. The number of aryl methyl sites for hydroxylation is 2. The molecule has 0 aliphatic heterocycles. The predicted octanol–water partition coefficient (Wildman–Crippen LogP) is 4.55. The Bertz CT molecular complexity index is 1400. The lowest BCUT2D eigenvalue weighted by molar-refractivity contribution is -0.123. The number of methoxy groups -OCH3 is 1. The summed E-state index contributed by atoms with van der Waals surface area (Å²) in [5.41, 5.74) is 6.21. The van der Waals surface area contributed by atoms with E-state index in [1.54, 1.807) is 26.3 Å². The topological polar surface area (TPSA) is 96.6 Å². The summed E-state index contributed by atoms with van der Waals surface area (Å²) in [6.45, 7) is 3.81. The largest absolute Gasteiger partial charge is 0.467 e. The van der Waals surface area contributed by atoms with Crippen molar-refractivity contribution in [3.63, 3.8) is 0 Å². The number of fused-ring (bicyclic) bond motifs is 2. The van der Waals surface area contributed by atoms with Gasteiger partial charge in [0.25, 0.3) is 5.91 Å². The van der Waals surface area contributed by atoms with E-state index in [2.05, 4.69) is 40.6 Å². The summed E-state index contributed by atoms with van der Waals surface area (Å²) in [7, 11) is 1.55. The van der Waals surface area contributed by atoms with E-state index in [0.29, 0.717) is 11.3 Å². The summed E-state index contributed by atoms with van der Waals surface area (Å²) in [6, 6.07) is 20.1. The first kappa shape index (κ1) is 22.9. The monoisotopic (exact) mass is 452 g/mol. The standard InChI is InChI=1S/C27H24N4O3/c1-17-12-19(15-33-3)24(13-28)27(30-17)34-16-26(32)31-29-14-25-22-10-6-4-8-20(22)18(2)21-9-5-7-11-23(21)25/h4-12,14H,15-16H2,1-3H3,(H,31,32)/b29-14+. The molecule has 0 unspecified atom stereocenters. The number of hydrazone groups is 1. The molecule has 0 aliphatic carbocycles. The molecular weight excluding hydrogens is 428 g/mol. The number of aromatic nitrogens is 1. The number of benzene rings is 3.